The summed E-state index contributed by atoms with van der Waals surface area (Å²) in [6.45, 7) is 2.14. The first-order valence-corrected chi connectivity index (χ1v) is 10.6. The van der Waals surface area contributed by atoms with Crippen LogP contribution in [0.25, 0.3) is 0 Å². The van der Waals surface area contributed by atoms with Crippen molar-refractivity contribution < 1.29 is 4.79 Å². The molecule has 1 nitrogen and oxygen atoms in total. The molecule has 0 N–H and O–H groups in total. The summed E-state index contributed by atoms with van der Waals surface area (Å²) in [7, 11) is 0. The molecule has 0 aliphatic heterocycles. The molecule has 0 heterocycles. The van der Waals surface area contributed by atoms with E-state index in [9.17, 15) is 4.79 Å². The van der Waals surface area contributed by atoms with Crippen molar-refractivity contribution in [1.29, 1.82) is 0 Å². The quantitative estimate of drug-likeness (QED) is 0.113. The Morgan fingerprint density at radius 2 is 1.42 bits per heavy atom. The number of halogens is 3. The number of allylic oxidation sites excluding steroid dienone is 4. The fourth-order valence-electron chi connectivity index (χ4n) is 2.48. The van der Waals surface area contributed by atoms with Crippen molar-refractivity contribution >= 4 is 40.0 Å². The zero-order valence-electron chi connectivity index (χ0n) is 15.0. The SMILES string of the molecule is CCC=CCC=CCC(Cl)C(Cl)CCCCCCCCCC(=O)Cl. The third kappa shape index (κ3) is 16.9. The lowest BCUT2D eigenvalue weighted by atomic mass is 10.0. The summed E-state index contributed by atoms with van der Waals surface area (Å²) >= 11 is 18.0. The van der Waals surface area contributed by atoms with Crippen LogP contribution in [0.5, 0.6) is 0 Å². The van der Waals surface area contributed by atoms with E-state index in [2.05, 4.69) is 31.2 Å². The van der Waals surface area contributed by atoms with Crippen LogP contribution >= 0.6 is 34.8 Å². The molecule has 0 fully saturated rings. The van der Waals surface area contributed by atoms with E-state index in [4.69, 9.17) is 34.8 Å². The van der Waals surface area contributed by atoms with Gasteiger partial charge in [0, 0.05) is 6.42 Å². The van der Waals surface area contributed by atoms with Gasteiger partial charge in [0.05, 0.1) is 10.8 Å². The van der Waals surface area contributed by atoms with Crippen molar-refractivity contribution in [2.45, 2.75) is 94.7 Å². The van der Waals surface area contributed by atoms with Gasteiger partial charge in [0.25, 0.3) is 0 Å². The number of hydrogen-bond acceptors (Lipinski definition) is 1. The Hall–Kier alpha value is 0.0200. The monoisotopic (exact) mass is 394 g/mol. The number of carbonyl (C=O) groups excluding carboxylic acids is 1. The third-order valence-electron chi connectivity index (χ3n) is 3.95. The number of carbonyl (C=O) groups is 1. The Morgan fingerprint density at radius 3 is 2.04 bits per heavy atom. The van der Waals surface area contributed by atoms with Crippen LogP contribution in [0.1, 0.15) is 84.0 Å². The minimum atomic E-state index is -0.217. The maximum Gasteiger partial charge on any atom is 0.221 e. The van der Waals surface area contributed by atoms with Crippen LogP contribution in [0.2, 0.25) is 0 Å². The summed E-state index contributed by atoms with van der Waals surface area (Å²) < 4.78 is 0. The van der Waals surface area contributed by atoms with Crippen molar-refractivity contribution in [3.63, 3.8) is 0 Å². The van der Waals surface area contributed by atoms with Crippen molar-refractivity contribution in [3.05, 3.63) is 24.3 Å². The molecular formula is C20H33Cl3O. The van der Waals surface area contributed by atoms with E-state index in [0.29, 0.717) is 6.42 Å². The first-order chi connectivity index (χ1) is 11.6. The van der Waals surface area contributed by atoms with Gasteiger partial charge in [0.15, 0.2) is 0 Å². The summed E-state index contributed by atoms with van der Waals surface area (Å²) in [6.07, 6.45) is 21.0. The predicted octanol–water partition coefficient (Wildman–Crippen LogP) is 7.78. The van der Waals surface area contributed by atoms with Crippen LogP contribution in [-0.4, -0.2) is 16.0 Å². The smallest absolute Gasteiger partial charge is 0.221 e. The van der Waals surface area contributed by atoms with Gasteiger partial charge in [-0.05, 0) is 43.7 Å². The lowest BCUT2D eigenvalue weighted by Gasteiger charge is -2.14. The maximum absolute atomic E-state index is 10.6. The Balaban J connectivity index is 3.48. The highest BCUT2D eigenvalue weighted by Gasteiger charge is 2.14. The van der Waals surface area contributed by atoms with E-state index in [1.165, 1.54) is 25.7 Å². The minimum absolute atomic E-state index is 0.0196. The van der Waals surface area contributed by atoms with Crippen LogP contribution in [0, 0.1) is 0 Å². The molecule has 0 aromatic rings. The van der Waals surface area contributed by atoms with Gasteiger partial charge in [-0.25, -0.2) is 0 Å². The van der Waals surface area contributed by atoms with E-state index >= 15 is 0 Å². The van der Waals surface area contributed by atoms with Gasteiger partial charge in [0.2, 0.25) is 5.24 Å². The number of unbranched alkanes of at least 4 members (excludes halogenated alkanes) is 6. The van der Waals surface area contributed by atoms with Gasteiger partial charge in [-0.2, -0.15) is 0 Å². The second-order valence-electron chi connectivity index (χ2n) is 6.22. The summed E-state index contributed by atoms with van der Waals surface area (Å²) in [5.41, 5.74) is 0. The third-order valence-corrected chi connectivity index (χ3v) is 5.27. The Kier molecular flexibility index (Phi) is 17.8. The predicted molar refractivity (Wildman–Crippen MR) is 110 cm³/mol. The Labute approximate surface area is 163 Å². The van der Waals surface area contributed by atoms with Crippen LogP contribution in [0.3, 0.4) is 0 Å². The topological polar surface area (TPSA) is 17.1 Å². The first-order valence-electron chi connectivity index (χ1n) is 9.34. The average molecular weight is 396 g/mol. The van der Waals surface area contributed by atoms with Crippen molar-refractivity contribution in [3.8, 4) is 0 Å². The van der Waals surface area contributed by atoms with E-state index in [-0.39, 0.29) is 16.0 Å². The molecule has 0 amide bonds. The van der Waals surface area contributed by atoms with Crippen LogP contribution in [-0.2, 0) is 4.79 Å². The van der Waals surface area contributed by atoms with E-state index < -0.39 is 0 Å². The molecule has 0 rings (SSSR count). The molecule has 0 aromatic carbocycles. The lowest BCUT2D eigenvalue weighted by Crippen LogP contribution is -2.14. The highest BCUT2D eigenvalue weighted by Crippen LogP contribution is 2.21. The normalized spacial score (nSPS) is 14.5. The van der Waals surface area contributed by atoms with E-state index in [1.807, 2.05) is 0 Å². The van der Waals surface area contributed by atoms with Gasteiger partial charge in [-0.3, -0.25) is 4.79 Å². The second-order valence-corrected chi connectivity index (χ2v) is 7.77. The molecule has 140 valence electrons. The molecule has 0 spiro atoms. The van der Waals surface area contributed by atoms with Gasteiger partial charge in [0.1, 0.15) is 0 Å². The van der Waals surface area contributed by atoms with Gasteiger partial charge in [-0.1, -0.05) is 69.8 Å². The van der Waals surface area contributed by atoms with Crippen molar-refractivity contribution in [2.75, 3.05) is 0 Å². The van der Waals surface area contributed by atoms with Gasteiger partial charge < -0.3 is 0 Å². The highest BCUT2D eigenvalue weighted by atomic mass is 35.5. The molecule has 0 bridgehead atoms. The molecule has 0 aliphatic carbocycles. The standard InChI is InChI=1S/C20H33Cl3O/c1-2-3-4-5-9-12-15-18(21)19(22)16-13-10-7-6-8-11-14-17-20(23)24/h3-4,9,12,18-19H,2,5-8,10-11,13-17H2,1H3. The molecular weight excluding hydrogens is 363 g/mol. The Morgan fingerprint density at radius 1 is 0.833 bits per heavy atom. The molecule has 4 heteroatoms. The molecule has 0 aliphatic rings. The number of rotatable bonds is 16. The Bertz CT molecular complexity index is 353. The number of hydrogen-bond donors (Lipinski definition) is 0. The fourth-order valence-corrected chi connectivity index (χ4v) is 3.10. The molecule has 2 atom stereocenters. The first kappa shape index (κ1) is 24.0. The summed E-state index contributed by atoms with van der Waals surface area (Å²) in [4.78, 5) is 10.6. The molecule has 0 saturated heterocycles. The van der Waals surface area contributed by atoms with Crippen LogP contribution < -0.4 is 0 Å². The van der Waals surface area contributed by atoms with Crippen LogP contribution in [0.15, 0.2) is 24.3 Å². The molecule has 0 saturated carbocycles. The largest absolute Gasteiger partial charge is 0.281 e. The van der Waals surface area contributed by atoms with E-state index in [0.717, 1.165) is 44.9 Å². The van der Waals surface area contributed by atoms with Gasteiger partial charge in [-0.15, -0.1) is 23.2 Å². The lowest BCUT2D eigenvalue weighted by molar-refractivity contribution is -0.111. The van der Waals surface area contributed by atoms with Crippen molar-refractivity contribution in [2.24, 2.45) is 0 Å². The van der Waals surface area contributed by atoms with Crippen LogP contribution in [0.4, 0.5) is 0 Å². The highest BCUT2D eigenvalue weighted by molar-refractivity contribution is 6.63. The molecule has 0 radical (unpaired) electrons. The van der Waals surface area contributed by atoms with Crippen molar-refractivity contribution in [1.82, 2.24) is 0 Å². The summed E-state index contributed by atoms with van der Waals surface area (Å²) in [6, 6.07) is 0. The summed E-state index contributed by atoms with van der Waals surface area (Å²) in [5.74, 6) is 0. The zero-order chi connectivity index (χ0) is 18.0. The molecule has 24 heavy (non-hydrogen) atoms. The minimum Gasteiger partial charge on any atom is -0.281 e. The van der Waals surface area contributed by atoms with E-state index in [1.54, 1.807) is 0 Å². The number of alkyl halides is 2. The molecule has 0 aromatic heterocycles. The average Bonchev–Trinajstić information content (AvgIpc) is 2.55. The molecule has 2 unspecified atom stereocenters. The van der Waals surface area contributed by atoms with Gasteiger partial charge >= 0.3 is 0 Å². The fraction of sp³-hybridized carbons (Fsp3) is 0.750. The zero-order valence-corrected chi connectivity index (χ0v) is 17.3. The summed E-state index contributed by atoms with van der Waals surface area (Å²) in [5, 5.41) is -0.144. The maximum atomic E-state index is 10.6. The second kappa shape index (κ2) is 17.8.